The van der Waals surface area contributed by atoms with E-state index in [1.165, 1.54) is 10.5 Å². The second-order valence-corrected chi connectivity index (χ2v) is 5.49. The first kappa shape index (κ1) is 17.0. The van der Waals surface area contributed by atoms with E-state index in [0.29, 0.717) is 13.1 Å². The zero-order valence-corrected chi connectivity index (χ0v) is 12.7. The lowest BCUT2D eigenvalue weighted by Gasteiger charge is -2.23. The summed E-state index contributed by atoms with van der Waals surface area (Å²) >= 11 is 0. The summed E-state index contributed by atoms with van der Waals surface area (Å²) < 4.78 is 0. The predicted octanol–water partition coefficient (Wildman–Crippen LogP) is 2.37. The standard InChI is InChI=1S/C16H24N2O3/c1-13(2)11-18(12-15(19)20)16(21)17-10-6-9-14-7-4-3-5-8-14/h3-5,7-8,13H,6,9-12H2,1-2H3,(H,17,21)(H,19,20). The van der Waals surface area contributed by atoms with Crippen LogP contribution in [0.3, 0.4) is 0 Å². The maximum Gasteiger partial charge on any atom is 0.323 e. The molecule has 0 heterocycles. The molecule has 5 nitrogen and oxygen atoms in total. The molecular weight excluding hydrogens is 268 g/mol. The Morgan fingerprint density at radius 1 is 1.24 bits per heavy atom. The SMILES string of the molecule is CC(C)CN(CC(=O)O)C(=O)NCCCc1ccccc1. The minimum atomic E-state index is -0.991. The van der Waals surface area contributed by atoms with Crippen LogP contribution in [-0.2, 0) is 11.2 Å². The van der Waals surface area contributed by atoms with Crippen LogP contribution in [0.15, 0.2) is 30.3 Å². The van der Waals surface area contributed by atoms with Gasteiger partial charge < -0.3 is 15.3 Å². The van der Waals surface area contributed by atoms with Crippen molar-refractivity contribution in [2.45, 2.75) is 26.7 Å². The molecular formula is C16H24N2O3. The topological polar surface area (TPSA) is 69.6 Å². The molecule has 2 N–H and O–H groups in total. The number of rotatable bonds is 8. The van der Waals surface area contributed by atoms with Crippen LogP contribution >= 0.6 is 0 Å². The van der Waals surface area contributed by atoms with Crippen molar-refractivity contribution in [2.75, 3.05) is 19.6 Å². The number of benzene rings is 1. The van der Waals surface area contributed by atoms with Crippen molar-refractivity contribution >= 4 is 12.0 Å². The van der Waals surface area contributed by atoms with Gasteiger partial charge in [-0.2, -0.15) is 0 Å². The number of hydrogen-bond acceptors (Lipinski definition) is 2. The van der Waals surface area contributed by atoms with E-state index in [-0.39, 0.29) is 18.5 Å². The van der Waals surface area contributed by atoms with E-state index in [1.807, 2.05) is 32.0 Å². The zero-order valence-electron chi connectivity index (χ0n) is 12.7. The van der Waals surface area contributed by atoms with Crippen LogP contribution in [0, 0.1) is 5.92 Å². The van der Waals surface area contributed by atoms with Gasteiger partial charge in [-0.15, -0.1) is 0 Å². The van der Waals surface area contributed by atoms with Crippen molar-refractivity contribution in [1.29, 1.82) is 0 Å². The summed E-state index contributed by atoms with van der Waals surface area (Å²) in [6.07, 6.45) is 1.72. The Morgan fingerprint density at radius 2 is 1.90 bits per heavy atom. The highest BCUT2D eigenvalue weighted by molar-refractivity contribution is 5.80. The summed E-state index contributed by atoms with van der Waals surface area (Å²) in [6.45, 7) is 4.64. The van der Waals surface area contributed by atoms with Gasteiger partial charge in [-0.25, -0.2) is 4.79 Å². The van der Waals surface area contributed by atoms with Gasteiger partial charge in [-0.05, 0) is 24.3 Å². The number of aliphatic carboxylic acids is 1. The molecule has 116 valence electrons. The molecule has 0 unspecified atom stereocenters. The molecule has 0 bridgehead atoms. The van der Waals surface area contributed by atoms with Crippen LogP contribution in [0.1, 0.15) is 25.8 Å². The van der Waals surface area contributed by atoms with Gasteiger partial charge in [0.2, 0.25) is 0 Å². The van der Waals surface area contributed by atoms with Gasteiger partial charge in [0.15, 0.2) is 0 Å². The summed E-state index contributed by atoms with van der Waals surface area (Å²) in [5, 5.41) is 11.6. The first-order valence-electron chi connectivity index (χ1n) is 7.27. The molecule has 0 aromatic heterocycles. The smallest absolute Gasteiger partial charge is 0.323 e. The number of carboxylic acids is 1. The Kier molecular flexibility index (Phi) is 7.29. The summed E-state index contributed by atoms with van der Waals surface area (Å²) in [7, 11) is 0. The molecule has 1 aromatic carbocycles. The minimum Gasteiger partial charge on any atom is -0.480 e. The molecule has 1 aromatic rings. The van der Waals surface area contributed by atoms with Crippen LogP contribution in [0.25, 0.3) is 0 Å². The largest absolute Gasteiger partial charge is 0.480 e. The molecule has 0 aliphatic rings. The van der Waals surface area contributed by atoms with Crippen molar-refractivity contribution in [3.05, 3.63) is 35.9 Å². The van der Waals surface area contributed by atoms with E-state index in [4.69, 9.17) is 5.11 Å². The minimum absolute atomic E-state index is 0.236. The highest BCUT2D eigenvalue weighted by atomic mass is 16.4. The second kappa shape index (κ2) is 9.00. The highest BCUT2D eigenvalue weighted by Gasteiger charge is 2.17. The van der Waals surface area contributed by atoms with E-state index in [9.17, 15) is 9.59 Å². The molecule has 0 fully saturated rings. The first-order chi connectivity index (χ1) is 9.99. The Bertz CT molecular complexity index is 446. The number of urea groups is 1. The van der Waals surface area contributed by atoms with Crippen molar-refractivity contribution in [3.8, 4) is 0 Å². The molecule has 2 amide bonds. The van der Waals surface area contributed by atoms with Gasteiger partial charge in [0.25, 0.3) is 0 Å². The summed E-state index contributed by atoms with van der Waals surface area (Å²) in [6, 6.07) is 9.76. The van der Waals surface area contributed by atoms with Gasteiger partial charge in [-0.3, -0.25) is 4.79 Å². The summed E-state index contributed by atoms with van der Waals surface area (Å²) in [4.78, 5) is 24.1. The van der Waals surface area contributed by atoms with Crippen molar-refractivity contribution in [2.24, 2.45) is 5.92 Å². The number of carboxylic acid groups (broad SMARTS) is 1. The van der Waals surface area contributed by atoms with Gasteiger partial charge in [-0.1, -0.05) is 44.2 Å². The van der Waals surface area contributed by atoms with Crippen LogP contribution in [0.5, 0.6) is 0 Å². The third-order valence-corrected chi connectivity index (χ3v) is 2.96. The Hall–Kier alpha value is -2.04. The van der Waals surface area contributed by atoms with Crippen molar-refractivity contribution < 1.29 is 14.7 Å². The maximum absolute atomic E-state index is 12.0. The molecule has 0 aliphatic heterocycles. The number of nitrogens with one attached hydrogen (secondary N) is 1. The normalized spacial score (nSPS) is 10.4. The zero-order chi connectivity index (χ0) is 15.7. The summed E-state index contributed by atoms with van der Waals surface area (Å²) in [5.41, 5.74) is 1.23. The number of nitrogens with zero attached hydrogens (tertiary/aromatic N) is 1. The van der Waals surface area contributed by atoms with E-state index in [2.05, 4.69) is 17.4 Å². The van der Waals surface area contributed by atoms with Gasteiger partial charge in [0, 0.05) is 13.1 Å². The average Bonchev–Trinajstić information content (AvgIpc) is 2.43. The molecule has 0 spiro atoms. The molecule has 0 saturated heterocycles. The monoisotopic (exact) mass is 292 g/mol. The summed E-state index contributed by atoms with van der Waals surface area (Å²) in [5.74, 6) is -0.755. The van der Waals surface area contributed by atoms with Crippen LogP contribution in [-0.4, -0.2) is 41.6 Å². The molecule has 21 heavy (non-hydrogen) atoms. The van der Waals surface area contributed by atoms with E-state index in [0.717, 1.165) is 12.8 Å². The van der Waals surface area contributed by atoms with Crippen LogP contribution in [0.2, 0.25) is 0 Å². The van der Waals surface area contributed by atoms with Crippen molar-refractivity contribution in [3.63, 3.8) is 0 Å². The number of aryl methyl sites for hydroxylation is 1. The quantitative estimate of drug-likeness (QED) is 0.723. The van der Waals surface area contributed by atoms with E-state index < -0.39 is 5.97 Å². The first-order valence-corrected chi connectivity index (χ1v) is 7.27. The Morgan fingerprint density at radius 3 is 2.48 bits per heavy atom. The van der Waals surface area contributed by atoms with Crippen LogP contribution in [0.4, 0.5) is 4.79 Å². The van der Waals surface area contributed by atoms with E-state index >= 15 is 0 Å². The highest BCUT2D eigenvalue weighted by Crippen LogP contribution is 2.02. The third-order valence-electron chi connectivity index (χ3n) is 2.96. The van der Waals surface area contributed by atoms with Gasteiger partial charge >= 0.3 is 12.0 Å². The molecule has 0 atom stereocenters. The van der Waals surface area contributed by atoms with Gasteiger partial charge in [0.1, 0.15) is 6.54 Å². The number of hydrogen-bond donors (Lipinski definition) is 2. The Labute approximate surface area is 126 Å². The molecule has 0 aliphatic carbocycles. The fraction of sp³-hybridized carbons (Fsp3) is 0.500. The molecule has 5 heteroatoms. The van der Waals surface area contributed by atoms with Crippen molar-refractivity contribution in [1.82, 2.24) is 10.2 Å². The predicted molar refractivity (Wildman–Crippen MR) is 82.2 cm³/mol. The lowest BCUT2D eigenvalue weighted by Crippen LogP contribution is -2.44. The third kappa shape index (κ3) is 7.34. The average molecular weight is 292 g/mol. The molecule has 0 saturated carbocycles. The lowest BCUT2D eigenvalue weighted by molar-refractivity contribution is -0.137. The number of carbonyl (C=O) groups is 2. The fourth-order valence-electron chi connectivity index (χ4n) is 2.07. The Balaban J connectivity index is 2.34. The number of amides is 2. The maximum atomic E-state index is 12.0. The molecule has 0 radical (unpaired) electrons. The number of carbonyl (C=O) groups excluding carboxylic acids is 1. The lowest BCUT2D eigenvalue weighted by atomic mass is 10.1. The molecule has 1 rings (SSSR count). The van der Waals surface area contributed by atoms with E-state index in [1.54, 1.807) is 0 Å². The second-order valence-electron chi connectivity index (χ2n) is 5.49. The van der Waals surface area contributed by atoms with Gasteiger partial charge in [0.05, 0.1) is 0 Å². The fourth-order valence-corrected chi connectivity index (χ4v) is 2.07. The van der Waals surface area contributed by atoms with Crippen LogP contribution < -0.4 is 5.32 Å².